The number of hydrogen-bond donors (Lipinski definition) is 1. The molecule has 6 heteroatoms. The maximum atomic E-state index is 12.7. The van der Waals surface area contributed by atoms with Crippen LogP contribution < -0.4 is 11.2 Å². The van der Waals surface area contributed by atoms with E-state index in [9.17, 15) is 9.59 Å². The molecule has 2 atom stereocenters. The molecule has 2 unspecified atom stereocenters. The Morgan fingerprint density at radius 2 is 1.63 bits per heavy atom. The Bertz CT molecular complexity index is 1150. The van der Waals surface area contributed by atoms with Crippen molar-refractivity contribution in [3.63, 3.8) is 0 Å². The van der Waals surface area contributed by atoms with Gasteiger partial charge in [0.1, 0.15) is 0 Å². The fourth-order valence-corrected chi connectivity index (χ4v) is 5.59. The first-order valence-electron chi connectivity index (χ1n) is 10.8. The molecular formula is C24H26ClN3O2. The van der Waals surface area contributed by atoms with E-state index in [-0.39, 0.29) is 11.2 Å². The van der Waals surface area contributed by atoms with Crippen LogP contribution in [0.15, 0.2) is 58.1 Å². The Labute approximate surface area is 180 Å². The average molecular weight is 424 g/mol. The average Bonchev–Trinajstić information content (AvgIpc) is 2.98. The van der Waals surface area contributed by atoms with Gasteiger partial charge in [-0.3, -0.25) is 14.3 Å². The molecule has 30 heavy (non-hydrogen) atoms. The summed E-state index contributed by atoms with van der Waals surface area (Å²) in [5.41, 5.74) is 1.48. The fourth-order valence-electron chi connectivity index (χ4n) is 5.46. The lowest BCUT2D eigenvalue weighted by molar-refractivity contribution is 0.123. The maximum Gasteiger partial charge on any atom is 0.328 e. The Kier molecular flexibility index (Phi) is 5.25. The highest BCUT2D eigenvalue weighted by molar-refractivity contribution is 6.30. The van der Waals surface area contributed by atoms with E-state index < -0.39 is 0 Å². The van der Waals surface area contributed by atoms with Crippen LogP contribution >= 0.6 is 11.6 Å². The second-order valence-corrected chi connectivity index (χ2v) is 9.07. The van der Waals surface area contributed by atoms with Crippen molar-refractivity contribution in [2.24, 2.45) is 0 Å². The van der Waals surface area contributed by atoms with Gasteiger partial charge in [0, 0.05) is 30.2 Å². The van der Waals surface area contributed by atoms with E-state index in [1.54, 1.807) is 12.1 Å². The molecule has 3 aromatic rings. The van der Waals surface area contributed by atoms with Crippen molar-refractivity contribution in [1.29, 1.82) is 0 Å². The van der Waals surface area contributed by atoms with Gasteiger partial charge in [0.05, 0.1) is 10.9 Å². The van der Waals surface area contributed by atoms with E-state index in [0.717, 1.165) is 18.0 Å². The molecule has 1 aromatic heterocycles. The first kappa shape index (κ1) is 19.6. The topological polar surface area (TPSA) is 58.1 Å². The molecule has 0 radical (unpaired) electrons. The monoisotopic (exact) mass is 423 g/mol. The minimum atomic E-state index is -0.317. The van der Waals surface area contributed by atoms with Gasteiger partial charge in [0.25, 0.3) is 5.56 Å². The molecule has 0 spiro atoms. The van der Waals surface area contributed by atoms with Crippen molar-refractivity contribution in [3.05, 3.63) is 80.0 Å². The molecule has 2 aliphatic heterocycles. The van der Waals surface area contributed by atoms with Gasteiger partial charge in [-0.25, -0.2) is 4.79 Å². The summed E-state index contributed by atoms with van der Waals surface area (Å²) in [6.07, 6.45) is 5.64. The third kappa shape index (κ3) is 3.61. The molecule has 2 fully saturated rings. The zero-order valence-electron chi connectivity index (χ0n) is 16.9. The first-order valence-corrected chi connectivity index (χ1v) is 11.2. The molecule has 2 aliphatic rings. The van der Waals surface area contributed by atoms with Crippen molar-refractivity contribution >= 4 is 22.5 Å². The number of nitrogens with one attached hydrogen (secondary N) is 1. The summed E-state index contributed by atoms with van der Waals surface area (Å²) in [6, 6.07) is 16.7. The highest BCUT2D eigenvalue weighted by atomic mass is 35.5. The number of nitrogens with zero attached hydrogens (tertiary/aromatic N) is 2. The third-order valence-corrected chi connectivity index (χ3v) is 7.17. The first-order chi connectivity index (χ1) is 14.6. The minimum absolute atomic E-state index is 0.196. The molecule has 156 valence electrons. The van der Waals surface area contributed by atoms with Gasteiger partial charge in [0.15, 0.2) is 0 Å². The third-order valence-electron chi connectivity index (χ3n) is 6.91. The molecule has 0 saturated carbocycles. The normalized spacial score (nSPS) is 23.8. The summed E-state index contributed by atoms with van der Waals surface area (Å²) >= 11 is 6.05. The van der Waals surface area contributed by atoms with Gasteiger partial charge in [-0.1, -0.05) is 35.9 Å². The summed E-state index contributed by atoms with van der Waals surface area (Å²) < 4.78 is 1.35. The minimum Gasteiger partial charge on any atom is -0.307 e. The van der Waals surface area contributed by atoms with Crippen molar-refractivity contribution in [2.75, 3.05) is 6.54 Å². The summed E-state index contributed by atoms with van der Waals surface area (Å²) in [7, 11) is 0. The van der Waals surface area contributed by atoms with Gasteiger partial charge in [-0.15, -0.1) is 0 Å². The lowest BCUT2D eigenvalue weighted by atomic mass is 9.85. The second kappa shape index (κ2) is 8.05. The number of halogens is 1. The number of fused-ring (bicyclic) bond motifs is 3. The summed E-state index contributed by atoms with van der Waals surface area (Å²) in [5, 5.41) is 1.36. The Morgan fingerprint density at radius 3 is 2.37 bits per heavy atom. The van der Waals surface area contributed by atoms with Gasteiger partial charge in [-0.2, -0.15) is 0 Å². The van der Waals surface area contributed by atoms with E-state index in [4.69, 9.17) is 11.6 Å². The van der Waals surface area contributed by atoms with E-state index in [2.05, 4.69) is 22.0 Å². The van der Waals surface area contributed by atoms with E-state index in [0.29, 0.717) is 35.4 Å². The largest absolute Gasteiger partial charge is 0.328 e. The SMILES string of the molecule is O=c1[nH]c2ccccc2c(=O)n1CCCN1C2CCC1CC(c1ccc(Cl)cc1)C2. The van der Waals surface area contributed by atoms with Crippen LogP contribution in [0.5, 0.6) is 0 Å². The highest BCUT2D eigenvalue weighted by Gasteiger charge is 2.40. The van der Waals surface area contributed by atoms with Gasteiger partial charge in [0.2, 0.25) is 0 Å². The van der Waals surface area contributed by atoms with Crippen molar-refractivity contribution in [2.45, 2.75) is 56.7 Å². The quantitative estimate of drug-likeness (QED) is 0.670. The summed E-state index contributed by atoms with van der Waals surface area (Å²) in [5.74, 6) is 0.599. The van der Waals surface area contributed by atoms with Crippen LogP contribution in [0.4, 0.5) is 0 Å². The van der Waals surface area contributed by atoms with E-state index >= 15 is 0 Å². The number of hydrogen-bond acceptors (Lipinski definition) is 3. The Morgan fingerprint density at radius 1 is 0.933 bits per heavy atom. The number of piperidine rings is 1. The van der Waals surface area contributed by atoms with Crippen LogP contribution in [0.2, 0.25) is 5.02 Å². The molecule has 2 aromatic carbocycles. The summed E-state index contributed by atoms with van der Waals surface area (Å²) in [4.78, 5) is 30.5. The molecule has 0 aliphatic carbocycles. The van der Waals surface area contributed by atoms with Gasteiger partial charge >= 0.3 is 5.69 Å². The molecular weight excluding hydrogens is 398 g/mol. The lowest BCUT2D eigenvalue weighted by Gasteiger charge is -2.39. The zero-order valence-corrected chi connectivity index (χ0v) is 17.6. The van der Waals surface area contributed by atoms with Crippen molar-refractivity contribution < 1.29 is 0 Å². The second-order valence-electron chi connectivity index (χ2n) is 8.63. The number of H-pyrrole nitrogens is 1. The van der Waals surface area contributed by atoms with Crippen molar-refractivity contribution in [1.82, 2.24) is 14.5 Å². The molecule has 1 N–H and O–H groups in total. The van der Waals surface area contributed by atoms with Crippen LogP contribution in [0.3, 0.4) is 0 Å². The van der Waals surface area contributed by atoms with Crippen LogP contribution in [0.25, 0.3) is 10.9 Å². The van der Waals surface area contributed by atoms with Crippen LogP contribution in [-0.2, 0) is 6.54 Å². The highest BCUT2D eigenvalue weighted by Crippen LogP contribution is 2.43. The molecule has 5 nitrogen and oxygen atoms in total. The van der Waals surface area contributed by atoms with E-state index in [1.807, 2.05) is 24.3 Å². The Hall–Kier alpha value is -2.37. The smallest absolute Gasteiger partial charge is 0.307 e. The standard InChI is InChI=1S/C24H26ClN3O2/c25-18-8-6-16(7-9-18)17-14-19-10-11-20(15-17)27(19)12-3-13-28-23(29)21-4-1-2-5-22(21)26-24(28)30/h1-2,4-9,17,19-20H,3,10-15H2,(H,26,30). The maximum absolute atomic E-state index is 12.7. The lowest BCUT2D eigenvalue weighted by Crippen LogP contribution is -2.43. The summed E-state index contributed by atoms with van der Waals surface area (Å²) in [6.45, 7) is 1.39. The predicted octanol–water partition coefficient (Wildman–Crippen LogP) is 4.14. The number of aromatic nitrogens is 2. The molecule has 5 rings (SSSR count). The number of para-hydroxylation sites is 1. The fraction of sp³-hybridized carbons (Fsp3) is 0.417. The van der Waals surface area contributed by atoms with Crippen LogP contribution in [0, 0.1) is 0 Å². The van der Waals surface area contributed by atoms with Gasteiger partial charge < -0.3 is 4.98 Å². The van der Waals surface area contributed by atoms with Crippen molar-refractivity contribution in [3.8, 4) is 0 Å². The number of benzene rings is 2. The van der Waals surface area contributed by atoms with Gasteiger partial charge in [-0.05, 0) is 67.9 Å². The molecule has 2 saturated heterocycles. The van der Waals surface area contributed by atoms with Crippen LogP contribution in [0.1, 0.15) is 43.6 Å². The predicted molar refractivity (Wildman–Crippen MR) is 120 cm³/mol. The molecule has 2 bridgehead atoms. The Balaban J connectivity index is 1.25. The zero-order chi connectivity index (χ0) is 20.7. The molecule has 3 heterocycles. The van der Waals surface area contributed by atoms with Crippen LogP contribution in [-0.4, -0.2) is 33.1 Å². The number of rotatable bonds is 5. The number of aromatic amines is 1. The van der Waals surface area contributed by atoms with E-state index in [1.165, 1.54) is 35.8 Å². The molecule has 0 amide bonds.